The first-order chi connectivity index (χ1) is 6.54. The molecule has 0 aliphatic rings. The van der Waals surface area contributed by atoms with Crippen molar-refractivity contribution in [1.29, 1.82) is 0 Å². The smallest absolute Gasteiger partial charge is 0.0557 e. The lowest BCUT2D eigenvalue weighted by molar-refractivity contribution is 0.124. The molecule has 0 saturated heterocycles. The molecule has 0 saturated carbocycles. The van der Waals surface area contributed by atoms with Crippen LogP contribution in [0.4, 0.5) is 0 Å². The minimum Gasteiger partial charge on any atom is -0.380 e. The molecule has 0 aromatic carbocycles. The van der Waals surface area contributed by atoms with E-state index in [-0.39, 0.29) is 0 Å². The molecule has 0 aliphatic heterocycles. The van der Waals surface area contributed by atoms with E-state index in [2.05, 4.69) is 46.4 Å². The fourth-order valence-electron chi connectivity index (χ4n) is 1.12. The monoisotopic (exact) mass is 218 g/mol. The zero-order valence-electron chi connectivity index (χ0n) is 10.4. The Hall–Kier alpha value is 0.310. The van der Waals surface area contributed by atoms with Crippen LogP contribution in [-0.4, -0.2) is 23.7 Å². The highest BCUT2D eigenvalue weighted by Gasteiger charge is 2.19. The second-order valence-corrected chi connectivity index (χ2v) is 6.16. The molecule has 2 heteroatoms. The average Bonchev–Trinajstić information content (AvgIpc) is 2.16. The summed E-state index contributed by atoms with van der Waals surface area (Å²) in [4.78, 5) is 0. The highest BCUT2D eigenvalue weighted by molar-refractivity contribution is 8.00. The zero-order chi connectivity index (χ0) is 11.0. The summed E-state index contributed by atoms with van der Waals surface area (Å²) in [5.41, 5.74) is 0. The maximum absolute atomic E-state index is 5.56. The summed E-state index contributed by atoms with van der Waals surface area (Å²) in [6, 6.07) is 0. The summed E-state index contributed by atoms with van der Waals surface area (Å²) in [6.45, 7) is 13.1. The maximum atomic E-state index is 5.56. The Morgan fingerprint density at radius 2 is 1.79 bits per heavy atom. The Bertz CT molecular complexity index is 130. The van der Waals surface area contributed by atoms with Crippen LogP contribution in [0.5, 0.6) is 0 Å². The van der Waals surface area contributed by atoms with Gasteiger partial charge in [0.2, 0.25) is 0 Å². The maximum Gasteiger partial charge on any atom is 0.0557 e. The average molecular weight is 218 g/mol. The molecule has 0 fully saturated rings. The molecule has 14 heavy (non-hydrogen) atoms. The molecular formula is C12H26OS. The highest BCUT2D eigenvalue weighted by atomic mass is 32.2. The van der Waals surface area contributed by atoms with Crippen molar-refractivity contribution in [3.8, 4) is 0 Å². The molecule has 0 bridgehead atoms. The summed E-state index contributed by atoms with van der Waals surface area (Å²) in [7, 11) is 0. The van der Waals surface area contributed by atoms with Gasteiger partial charge >= 0.3 is 0 Å². The van der Waals surface area contributed by atoms with E-state index in [1.54, 1.807) is 0 Å². The molecule has 0 spiro atoms. The van der Waals surface area contributed by atoms with Gasteiger partial charge in [-0.15, -0.1) is 0 Å². The van der Waals surface area contributed by atoms with Crippen LogP contribution in [0.25, 0.3) is 0 Å². The van der Waals surface area contributed by atoms with Crippen LogP contribution >= 0.6 is 11.8 Å². The van der Waals surface area contributed by atoms with Crippen LogP contribution in [0.1, 0.15) is 47.5 Å². The van der Waals surface area contributed by atoms with Gasteiger partial charge in [0, 0.05) is 17.1 Å². The zero-order valence-corrected chi connectivity index (χ0v) is 11.2. The number of hydrogen-bond acceptors (Lipinski definition) is 2. The number of rotatable bonds is 8. The molecule has 86 valence electrons. The lowest BCUT2D eigenvalue weighted by Crippen LogP contribution is -2.19. The number of hydrogen-bond donors (Lipinski definition) is 0. The van der Waals surface area contributed by atoms with Crippen molar-refractivity contribution in [2.45, 2.75) is 52.2 Å². The minimum absolute atomic E-state index is 0.460. The fourth-order valence-corrected chi connectivity index (χ4v) is 2.22. The molecule has 0 atom stereocenters. The third kappa shape index (κ3) is 6.72. The van der Waals surface area contributed by atoms with Crippen LogP contribution in [0.3, 0.4) is 0 Å². The van der Waals surface area contributed by atoms with Crippen molar-refractivity contribution >= 4 is 11.8 Å². The first kappa shape index (κ1) is 14.3. The van der Waals surface area contributed by atoms with Gasteiger partial charge in [0.1, 0.15) is 0 Å². The van der Waals surface area contributed by atoms with Crippen LogP contribution in [0.15, 0.2) is 0 Å². The van der Waals surface area contributed by atoms with E-state index in [0.717, 1.165) is 19.0 Å². The first-order valence-electron chi connectivity index (χ1n) is 5.75. The van der Waals surface area contributed by atoms with E-state index < -0.39 is 0 Å². The largest absolute Gasteiger partial charge is 0.380 e. The molecule has 0 aromatic rings. The standard InChI is InChI=1S/C12H26OS/c1-6-12(5,7-2)14-9-8-13-10-11(3)4/h11H,6-10H2,1-5H3. The molecule has 0 aromatic heterocycles. The van der Waals surface area contributed by atoms with E-state index in [1.165, 1.54) is 12.8 Å². The summed E-state index contributed by atoms with van der Waals surface area (Å²) < 4.78 is 6.02. The molecule has 0 aliphatic carbocycles. The molecule has 0 rings (SSSR count). The minimum atomic E-state index is 0.460. The van der Waals surface area contributed by atoms with E-state index in [0.29, 0.717) is 10.7 Å². The van der Waals surface area contributed by atoms with Crippen molar-refractivity contribution in [1.82, 2.24) is 0 Å². The van der Waals surface area contributed by atoms with Crippen molar-refractivity contribution in [2.75, 3.05) is 19.0 Å². The number of ether oxygens (including phenoxy) is 1. The highest BCUT2D eigenvalue weighted by Crippen LogP contribution is 2.31. The van der Waals surface area contributed by atoms with Crippen LogP contribution in [0, 0.1) is 5.92 Å². The second kappa shape index (κ2) is 7.58. The quantitative estimate of drug-likeness (QED) is 0.570. The van der Waals surface area contributed by atoms with Gasteiger partial charge in [0.05, 0.1) is 6.61 Å². The molecule has 0 unspecified atom stereocenters. The van der Waals surface area contributed by atoms with Crippen LogP contribution in [-0.2, 0) is 4.74 Å². The number of thioether (sulfide) groups is 1. The van der Waals surface area contributed by atoms with Gasteiger partial charge in [0.15, 0.2) is 0 Å². The van der Waals surface area contributed by atoms with Crippen LogP contribution in [0.2, 0.25) is 0 Å². The molecule has 0 amide bonds. The normalized spacial score (nSPS) is 12.4. The van der Waals surface area contributed by atoms with Gasteiger partial charge in [-0.05, 0) is 18.8 Å². The predicted molar refractivity (Wildman–Crippen MR) is 67.1 cm³/mol. The van der Waals surface area contributed by atoms with E-state index in [1.807, 2.05) is 0 Å². The van der Waals surface area contributed by atoms with Crippen molar-refractivity contribution < 1.29 is 4.74 Å². The Balaban J connectivity index is 3.43. The van der Waals surface area contributed by atoms with Crippen molar-refractivity contribution in [3.63, 3.8) is 0 Å². The van der Waals surface area contributed by atoms with Crippen molar-refractivity contribution in [3.05, 3.63) is 0 Å². The molecule has 1 nitrogen and oxygen atoms in total. The molecule has 0 heterocycles. The molecule has 0 radical (unpaired) electrons. The Morgan fingerprint density at radius 3 is 2.21 bits per heavy atom. The van der Waals surface area contributed by atoms with E-state index in [9.17, 15) is 0 Å². The fraction of sp³-hybridized carbons (Fsp3) is 1.00. The third-order valence-corrected chi connectivity index (χ3v) is 4.27. The van der Waals surface area contributed by atoms with Gasteiger partial charge in [-0.1, -0.05) is 34.6 Å². The van der Waals surface area contributed by atoms with Gasteiger partial charge in [-0.2, -0.15) is 11.8 Å². The van der Waals surface area contributed by atoms with Gasteiger partial charge in [0.25, 0.3) is 0 Å². The topological polar surface area (TPSA) is 9.23 Å². The lowest BCUT2D eigenvalue weighted by Gasteiger charge is -2.25. The molecular weight excluding hydrogens is 192 g/mol. The van der Waals surface area contributed by atoms with E-state index in [4.69, 9.17) is 4.74 Å². The lowest BCUT2D eigenvalue weighted by atomic mass is 10.1. The second-order valence-electron chi connectivity index (χ2n) is 4.47. The predicted octanol–water partition coefficient (Wildman–Crippen LogP) is 3.97. The van der Waals surface area contributed by atoms with Crippen LogP contribution < -0.4 is 0 Å². The summed E-state index contributed by atoms with van der Waals surface area (Å²) in [5, 5.41) is 0. The summed E-state index contributed by atoms with van der Waals surface area (Å²) >= 11 is 2.05. The van der Waals surface area contributed by atoms with Gasteiger partial charge in [-0.3, -0.25) is 0 Å². The van der Waals surface area contributed by atoms with Gasteiger partial charge in [-0.25, -0.2) is 0 Å². The van der Waals surface area contributed by atoms with Gasteiger partial charge < -0.3 is 4.74 Å². The third-order valence-electron chi connectivity index (χ3n) is 2.63. The SMILES string of the molecule is CCC(C)(CC)SCCOCC(C)C. The molecule has 0 N–H and O–H groups in total. The first-order valence-corrected chi connectivity index (χ1v) is 6.74. The Morgan fingerprint density at radius 1 is 1.21 bits per heavy atom. The summed E-state index contributed by atoms with van der Waals surface area (Å²) in [6.07, 6.45) is 2.50. The van der Waals surface area contributed by atoms with Crippen molar-refractivity contribution in [2.24, 2.45) is 5.92 Å². The summed E-state index contributed by atoms with van der Waals surface area (Å²) in [5.74, 6) is 1.79. The van der Waals surface area contributed by atoms with E-state index >= 15 is 0 Å². The Kier molecular flexibility index (Phi) is 7.75. The Labute approximate surface area is 94.0 Å².